The summed E-state index contributed by atoms with van der Waals surface area (Å²) >= 11 is 0. The molecule has 2 fully saturated rings. The van der Waals surface area contributed by atoms with E-state index in [4.69, 9.17) is 0 Å². The summed E-state index contributed by atoms with van der Waals surface area (Å²) in [7, 11) is 0. The Morgan fingerprint density at radius 1 is 0.667 bits per heavy atom. The van der Waals surface area contributed by atoms with Crippen LogP contribution < -0.4 is 0 Å². The van der Waals surface area contributed by atoms with E-state index in [2.05, 4.69) is 50.2 Å². The Morgan fingerprint density at radius 2 is 1.33 bits per heavy atom. The largest absolute Gasteiger partial charge is 0.0654 e. The molecular formula is C30H44. The molecule has 0 heteroatoms. The van der Waals surface area contributed by atoms with Gasteiger partial charge in [-0.3, -0.25) is 0 Å². The van der Waals surface area contributed by atoms with Crippen molar-refractivity contribution in [2.24, 2.45) is 17.8 Å². The first kappa shape index (κ1) is 21.9. The highest BCUT2D eigenvalue weighted by atomic mass is 14.4. The van der Waals surface area contributed by atoms with E-state index < -0.39 is 0 Å². The van der Waals surface area contributed by atoms with Crippen molar-refractivity contribution in [1.82, 2.24) is 0 Å². The van der Waals surface area contributed by atoms with E-state index in [0.29, 0.717) is 0 Å². The van der Waals surface area contributed by atoms with Gasteiger partial charge in [-0.05, 0) is 90.5 Å². The molecule has 0 unspecified atom stereocenters. The Hall–Kier alpha value is -1.30. The van der Waals surface area contributed by atoms with Crippen LogP contribution in [0.2, 0.25) is 0 Å². The zero-order valence-electron chi connectivity index (χ0n) is 19.7. The zero-order valence-corrected chi connectivity index (χ0v) is 19.7. The minimum atomic E-state index is 0.798. The van der Waals surface area contributed by atoms with Crippen molar-refractivity contribution in [2.45, 2.75) is 110 Å². The molecule has 0 nitrogen and oxygen atoms in total. The van der Waals surface area contributed by atoms with E-state index >= 15 is 0 Å². The molecule has 0 radical (unpaired) electrons. The van der Waals surface area contributed by atoms with Crippen molar-refractivity contribution in [3.63, 3.8) is 0 Å². The molecule has 0 heterocycles. The van der Waals surface area contributed by atoms with E-state index in [9.17, 15) is 0 Å². The molecule has 2 saturated carbocycles. The molecule has 0 saturated heterocycles. The standard InChI is InChI=1S/C30H44/c1-3-5-6-8-23-9-12-25(13-10-23)26-15-17-27(18-16-26)29-20-19-28-21-24(7-4-2)11-14-30(28)22-29/h11,14,19-23,25-27H,3-10,12-13,15-18H2,1-2H3. The Morgan fingerprint density at radius 3 is 2.03 bits per heavy atom. The Balaban J connectivity index is 1.28. The fraction of sp³-hybridized carbons (Fsp3) is 0.667. The molecule has 0 amide bonds. The first-order valence-electron chi connectivity index (χ1n) is 13.3. The average molecular weight is 405 g/mol. The predicted molar refractivity (Wildman–Crippen MR) is 132 cm³/mol. The van der Waals surface area contributed by atoms with Gasteiger partial charge in [0.1, 0.15) is 0 Å². The summed E-state index contributed by atoms with van der Waals surface area (Å²) in [4.78, 5) is 0. The monoisotopic (exact) mass is 404 g/mol. The SMILES string of the molecule is CCCCCC1CCC(C2CCC(c3ccc4cc(CCC)ccc4c3)CC2)CC1. The number of rotatable bonds is 8. The summed E-state index contributed by atoms with van der Waals surface area (Å²) in [6.45, 7) is 4.59. The number of benzene rings is 2. The molecular weight excluding hydrogens is 360 g/mol. The van der Waals surface area contributed by atoms with Crippen molar-refractivity contribution >= 4 is 10.8 Å². The lowest BCUT2D eigenvalue weighted by atomic mass is 9.68. The van der Waals surface area contributed by atoms with E-state index in [1.807, 2.05) is 0 Å². The highest BCUT2D eigenvalue weighted by molar-refractivity contribution is 5.84. The molecule has 2 aromatic rings. The molecule has 4 rings (SSSR count). The second kappa shape index (κ2) is 10.8. The van der Waals surface area contributed by atoms with Crippen LogP contribution in [0.3, 0.4) is 0 Å². The summed E-state index contributed by atoms with van der Waals surface area (Å²) < 4.78 is 0. The zero-order chi connectivity index (χ0) is 20.8. The molecule has 2 aliphatic carbocycles. The van der Waals surface area contributed by atoms with Gasteiger partial charge < -0.3 is 0 Å². The average Bonchev–Trinajstić information content (AvgIpc) is 2.80. The second-order valence-corrected chi connectivity index (χ2v) is 10.6. The van der Waals surface area contributed by atoms with Crippen LogP contribution >= 0.6 is 0 Å². The summed E-state index contributed by atoms with van der Waals surface area (Å²) in [6, 6.07) is 14.4. The van der Waals surface area contributed by atoms with Gasteiger partial charge in [0.2, 0.25) is 0 Å². The van der Waals surface area contributed by atoms with Crippen LogP contribution in [0.25, 0.3) is 10.8 Å². The Bertz CT molecular complexity index is 772. The number of hydrogen-bond acceptors (Lipinski definition) is 0. The highest BCUT2D eigenvalue weighted by Crippen LogP contribution is 2.44. The van der Waals surface area contributed by atoms with Crippen molar-refractivity contribution in [3.05, 3.63) is 47.5 Å². The van der Waals surface area contributed by atoms with Crippen LogP contribution in [0.5, 0.6) is 0 Å². The lowest BCUT2D eigenvalue weighted by Crippen LogP contribution is -2.25. The van der Waals surface area contributed by atoms with Gasteiger partial charge in [0, 0.05) is 0 Å². The number of aryl methyl sites for hydroxylation is 1. The normalized spacial score (nSPS) is 27.4. The Labute approximate surface area is 185 Å². The third-order valence-electron chi connectivity index (χ3n) is 8.48. The van der Waals surface area contributed by atoms with Crippen LogP contribution in [0.15, 0.2) is 36.4 Å². The first-order chi connectivity index (χ1) is 14.8. The molecule has 30 heavy (non-hydrogen) atoms. The quantitative estimate of drug-likeness (QED) is 0.384. The Kier molecular flexibility index (Phi) is 7.91. The van der Waals surface area contributed by atoms with Gasteiger partial charge in [0.05, 0.1) is 0 Å². The molecule has 2 aliphatic rings. The molecule has 0 atom stereocenters. The maximum atomic E-state index is 2.50. The van der Waals surface area contributed by atoms with Crippen LogP contribution in [0.4, 0.5) is 0 Å². The fourth-order valence-corrected chi connectivity index (χ4v) is 6.57. The van der Waals surface area contributed by atoms with E-state index in [-0.39, 0.29) is 0 Å². The number of hydrogen-bond donors (Lipinski definition) is 0. The summed E-state index contributed by atoms with van der Waals surface area (Å²) in [5.74, 6) is 3.92. The molecule has 0 aliphatic heterocycles. The second-order valence-electron chi connectivity index (χ2n) is 10.6. The van der Waals surface area contributed by atoms with Crippen LogP contribution in [-0.2, 0) is 6.42 Å². The minimum Gasteiger partial charge on any atom is -0.0654 e. The van der Waals surface area contributed by atoms with Gasteiger partial charge in [-0.2, -0.15) is 0 Å². The van der Waals surface area contributed by atoms with Crippen molar-refractivity contribution in [3.8, 4) is 0 Å². The molecule has 0 aromatic heterocycles. The third-order valence-corrected chi connectivity index (χ3v) is 8.48. The minimum absolute atomic E-state index is 0.798. The van der Waals surface area contributed by atoms with E-state index in [1.165, 1.54) is 106 Å². The fourth-order valence-electron chi connectivity index (χ4n) is 6.57. The van der Waals surface area contributed by atoms with Gasteiger partial charge >= 0.3 is 0 Å². The molecule has 0 bridgehead atoms. The summed E-state index contributed by atoms with van der Waals surface area (Å²) in [5, 5.41) is 2.87. The topological polar surface area (TPSA) is 0 Å². The van der Waals surface area contributed by atoms with Gasteiger partial charge in [-0.1, -0.05) is 95.2 Å². The molecule has 2 aromatic carbocycles. The van der Waals surface area contributed by atoms with Crippen LogP contribution in [0.1, 0.15) is 114 Å². The van der Waals surface area contributed by atoms with E-state index in [0.717, 1.165) is 23.7 Å². The lowest BCUT2D eigenvalue weighted by Gasteiger charge is -2.38. The van der Waals surface area contributed by atoms with Gasteiger partial charge in [-0.15, -0.1) is 0 Å². The third kappa shape index (κ3) is 5.49. The number of fused-ring (bicyclic) bond motifs is 1. The van der Waals surface area contributed by atoms with Crippen LogP contribution in [-0.4, -0.2) is 0 Å². The van der Waals surface area contributed by atoms with Crippen LogP contribution in [0, 0.1) is 17.8 Å². The predicted octanol–water partition coefficient (Wildman–Crippen LogP) is 9.45. The van der Waals surface area contributed by atoms with Crippen molar-refractivity contribution in [2.75, 3.05) is 0 Å². The van der Waals surface area contributed by atoms with Crippen molar-refractivity contribution < 1.29 is 0 Å². The lowest BCUT2D eigenvalue weighted by molar-refractivity contribution is 0.155. The summed E-state index contributed by atoms with van der Waals surface area (Å²) in [6.07, 6.45) is 20.1. The van der Waals surface area contributed by atoms with Gasteiger partial charge in [0.25, 0.3) is 0 Å². The maximum absolute atomic E-state index is 2.50. The molecule has 0 spiro atoms. The molecule has 164 valence electrons. The smallest absolute Gasteiger partial charge is 0.0162 e. The highest BCUT2D eigenvalue weighted by Gasteiger charge is 2.31. The summed E-state index contributed by atoms with van der Waals surface area (Å²) in [5.41, 5.74) is 3.09. The maximum Gasteiger partial charge on any atom is -0.0162 e. The number of unbranched alkanes of at least 4 members (excludes halogenated alkanes) is 2. The first-order valence-corrected chi connectivity index (χ1v) is 13.3. The van der Waals surface area contributed by atoms with Crippen molar-refractivity contribution in [1.29, 1.82) is 0 Å². The molecule has 0 N–H and O–H groups in total. The van der Waals surface area contributed by atoms with Gasteiger partial charge in [-0.25, -0.2) is 0 Å². The van der Waals surface area contributed by atoms with E-state index in [1.54, 1.807) is 5.56 Å². The van der Waals surface area contributed by atoms with Gasteiger partial charge in [0.15, 0.2) is 0 Å².